The molecule has 1 rings (SSSR count). The molecule has 0 spiro atoms. The molecule has 0 saturated heterocycles. The van der Waals surface area contributed by atoms with Crippen LogP contribution >= 0.6 is 15.9 Å². The highest BCUT2D eigenvalue weighted by molar-refractivity contribution is 9.10. The van der Waals surface area contributed by atoms with Gasteiger partial charge < -0.3 is 4.90 Å². The summed E-state index contributed by atoms with van der Waals surface area (Å²) in [5.74, 6) is -0.274. The first-order chi connectivity index (χ1) is 8.10. The summed E-state index contributed by atoms with van der Waals surface area (Å²) in [6.45, 7) is 4.71. The van der Waals surface area contributed by atoms with Gasteiger partial charge in [-0.25, -0.2) is 4.98 Å². The van der Waals surface area contributed by atoms with E-state index in [-0.39, 0.29) is 11.8 Å². The van der Waals surface area contributed by atoms with Crippen molar-refractivity contribution in [2.75, 3.05) is 13.1 Å². The number of nitriles is 1. The zero-order valence-corrected chi connectivity index (χ0v) is 11.4. The van der Waals surface area contributed by atoms with Crippen molar-refractivity contribution in [3.63, 3.8) is 0 Å². The number of pyridine rings is 1. The monoisotopic (exact) mass is 295 g/mol. The number of aromatic nitrogens is 1. The normalized spacial score (nSPS) is 11.6. The predicted molar refractivity (Wildman–Crippen MR) is 68.3 cm³/mol. The average molecular weight is 296 g/mol. The first kappa shape index (κ1) is 13.7. The maximum absolute atomic E-state index is 12.2. The Labute approximate surface area is 109 Å². The molecule has 90 valence electrons. The van der Waals surface area contributed by atoms with E-state index in [9.17, 15) is 4.79 Å². The van der Waals surface area contributed by atoms with E-state index in [1.165, 1.54) is 0 Å². The fourth-order valence-electron chi connectivity index (χ4n) is 1.44. The van der Waals surface area contributed by atoms with E-state index in [0.717, 1.165) is 0 Å². The van der Waals surface area contributed by atoms with Crippen LogP contribution in [0.2, 0.25) is 0 Å². The van der Waals surface area contributed by atoms with Gasteiger partial charge >= 0.3 is 0 Å². The molecule has 0 radical (unpaired) electrons. The van der Waals surface area contributed by atoms with Gasteiger partial charge in [0.25, 0.3) is 5.91 Å². The third kappa shape index (κ3) is 3.53. The Morgan fingerprint density at radius 3 is 2.94 bits per heavy atom. The molecule has 1 unspecified atom stereocenters. The van der Waals surface area contributed by atoms with Gasteiger partial charge in [-0.3, -0.25) is 4.79 Å². The minimum atomic E-state index is -0.172. The molecule has 0 aliphatic heterocycles. The lowest BCUT2D eigenvalue weighted by molar-refractivity contribution is 0.0751. The largest absolute Gasteiger partial charge is 0.338 e. The van der Waals surface area contributed by atoms with Gasteiger partial charge in [-0.2, -0.15) is 5.26 Å². The molecule has 1 heterocycles. The number of amides is 1. The predicted octanol–water partition coefficient (Wildman–Crippen LogP) is 2.47. The number of hydrogen-bond donors (Lipinski definition) is 0. The molecule has 1 atom stereocenters. The highest BCUT2D eigenvalue weighted by Gasteiger charge is 2.18. The van der Waals surface area contributed by atoms with Gasteiger partial charge in [-0.15, -0.1) is 0 Å². The topological polar surface area (TPSA) is 57.0 Å². The van der Waals surface area contributed by atoms with Crippen LogP contribution in [0.5, 0.6) is 0 Å². The maximum Gasteiger partial charge on any atom is 0.256 e. The second kappa shape index (κ2) is 6.36. The highest BCUT2D eigenvalue weighted by atomic mass is 79.9. The quantitative estimate of drug-likeness (QED) is 0.802. The average Bonchev–Trinajstić information content (AvgIpc) is 2.35. The molecule has 0 aliphatic rings. The molecule has 1 amide bonds. The molecule has 17 heavy (non-hydrogen) atoms. The van der Waals surface area contributed by atoms with Crippen LogP contribution in [0.1, 0.15) is 24.2 Å². The third-order valence-electron chi connectivity index (χ3n) is 2.37. The minimum absolute atomic E-state index is 0.102. The summed E-state index contributed by atoms with van der Waals surface area (Å²) in [5, 5.41) is 8.78. The van der Waals surface area contributed by atoms with Gasteiger partial charge in [0.15, 0.2) is 0 Å². The molecular weight excluding hydrogens is 282 g/mol. The second-order valence-corrected chi connectivity index (χ2v) is 4.47. The van der Waals surface area contributed by atoms with E-state index in [1.807, 2.05) is 6.92 Å². The minimum Gasteiger partial charge on any atom is -0.338 e. The Morgan fingerprint density at radius 2 is 2.41 bits per heavy atom. The van der Waals surface area contributed by atoms with Crippen molar-refractivity contribution >= 4 is 21.8 Å². The van der Waals surface area contributed by atoms with Crippen molar-refractivity contribution in [3.8, 4) is 6.07 Å². The number of rotatable bonds is 4. The number of halogens is 1. The van der Waals surface area contributed by atoms with Gasteiger partial charge in [-0.05, 0) is 41.9 Å². The van der Waals surface area contributed by atoms with Crippen LogP contribution in [0.15, 0.2) is 22.9 Å². The molecule has 1 aromatic heterocycles. The lowest BCUT2D eigenvalue weighted by Gasteiger charge is -2.22. The van der Waals surface area contributed by atoms with Crippen LogP contribution in [0, 0.1) is 17.2 Å². The van der Waals surface area contributed by atoms with Crippen molar-refractivity contribution in [2.24, 2.45) is 5.92 Å². The lowest BCUT2D eigenvalue weighted by atomic mass is 10.1. The number of carbonyl (C=O) groups excluding carboxylic acids is 1. The van der Waals surface area contributed by atoms with Crippen molar-refractivity contribution < 1.29 is 4.79 Å². The molecular formula is C12H14BrN3O. The van der Waals surface area contributed by atoms with Gasteiger partial charge in [0.05, 0.1) is 17.6 Å². The summed E-state index contributed by atoms with van der Waals surface area (Å²) in [6, 6.07) is 5.57. The molecule has 0 aliphatic carbocycles. The van der Waals surface area contributed by atoms with Crippen LogP contribution in [0.4, 0.5) is 0 Å². The number of hydrogen-bond acceptors (Lipinski definition) is 3. The standard InChI is InChI=1S/C12H14BrN3O/c1-3-16(8-9(2)7-14)12(17)10-5-4-6-15-11(10)13/h4-6,9H,3,8H2,1-2H3. The Kier molecular flexibility index (Phi) is 5.11. The fourth-order valence-corrected chi connectivity index (χ4v) is 1.86. The summed E-state index contributed by atoms with van der Waals surface area (Å²) in [7, 11) is 0. The van der Waals surface area contributed by atoms with Crippen molar-refractivity contribution in [2.45, 2.75) is 13.8 Å². The lowest BCUT2D eigenvalue weighted by Crippen LogP contribution is -2.34. The molecule has 0 fully saturated rings. The van der Waals surface area contributed by atoms with Crippen LogP contribution in [-0.2, 0) is 0 Å². The van der Waals surface area contributed by atoms with E-state index in [1.54, 1.807) is 30.2 Å². The van der Waals surface area contributed by atoms with Gasteiger partial charge in [0.2, 0.25) is 0 Å². The Balaban J connectivity index is 2.88. The first-order valence-electron chi connectivity index (χ1n) is 5.39. The van der Waals surface area contributed by atoms with E-state index < -0.39 is 0 Å². The zero-order valence-electron chi connectivity index (χ0n) is 9.85. The van der Waals surface area contributed by atoms with E-state index in [0.29, 0.717) is 23.3 Å². The van der Waals surface area contributed by atoms with Crippen molar-refractivity contribution in [3.05, 3.63) is 28.5 Å². The van der Waals surface area contributed by atoms with Crippen LogP contribution in [0.3, 0.4) is 0 Å². The van der Waals surface area contributed by atoms with Crippen LogP contribution in [-0.4, -0.2) is 28.9 Å². The maximum atomic E-state index is 12.2. The molecule has 0 saturated carbocycles. The Morgan fingerprint density at radius 1 is 1.71 bits per heavy atom. The van der Waals surface area contributed by atoms with E-state index >= 15 is 0 Å². The summed E-state index contributed by atoms with van der Waals surface area (Å²) in [6.07, 6.45) is 1.62. The first-order valence-corrected chi connectivity index (χ1v) is 6.18. The second-order valence-electron chi connectivity index (χ2n) is 3.72. The fraction of sp³-hybridized carbons (Fsp3) is 0.417. The van der Waals surface area contributed by atoms with Crippen LogP contribution < -0.4 is 0 Å². The summed E-state index contributed by atoms with van der Waals surface area (Å²) >= 11 is 3.25. The molecule has 4 nitrogen and oxygen atoms in total. The van der Waals surface area contributed by atoms with Crippen molar-refractivity contribution in [1.82, 2.24) is 9.88 Å². The number of carbonyl (C=O) groups is 1. The summed E-state index contributed by atoms with van der Waals surface area (Å²) in [4.78, 5) is 17.9. The zero-order chi connectivity index (χ0) is 12.8. The molecule has 0 N–H and O–H groups in total. The smallest absolute Gasteiger partial charge is 0.256 e. The van der Waals surface area contributed by atoms with Gasteiger partial charge in [-0.1, -0.05) is 0 Å². The molecule has 1 aromatic rings. The van der Waals surface area contributed by atoms with Crippen LogP contribution in [0.25, 0.3) is 0 Å². The summed E-state index contributed by atoms with van der Waals surface area (Å²) < 4.78 is 0.535. The Hall–Kier alpha value is -1.41. The SMILES string of the molecule is CCN(CC(C)C#N)C(=O)c1cccnc1Br. The Bertz CT molecular complexity index is 442. The van der Waals surface area contributed by atoms with Gasteiger partial charge in [0, 0.05) is 19.3 Å². The summed E-state index contributed by atoms with van der Waals surface area (Å²) in [5.41, 5.74) is 0.527. The van der Waals surface area contributed by atoms with E-state index in [2.05, 4.69) is 27.0 Å². The van der Waals surface area contributed by atoms with Crippen molar-refractivity contribution in [1.29, 1.82) is 5.26 Å². The van der Waals surface area contributed by atoms with E-state index in [4.69, 9.17) is 5.26 Å². The third-order valence-corrected chi connectivity index (χ3v) is 3.00. The molecule has 0 bridgehead atoms. The molecule has 5 heteroatoms. The highest BCUT2D eigenvalue weighted by Crippen LogP contribution is 2.15. The van der Waals surface area contributed by atoms with Gasteiger partial charge in [0.1, 0.15) is 4.60 Å². The number of nitrogens with zero attached hydrogens (tertiary/aromatic N) is 3. The molecule has 0 aromatic carbocycles.